The molecule has 35 heavy (non-hydrogen) atoms. The Labute approximate surface area is 214 Å². The molecule has 0 aliphatic heterocycles. The van der Waals surface area contributed by atoms with Crippen molar-refractivity contribution in [3.8, 4) is 23.7 Å². The van der Waals surface area contributed by atoms with Crippen LogP contribution in [0.2, 0.25) is 0 Å². The average Bonchev–Trinajstić information content (AvgIpc) is 2.83. The van der Waals surface area contributed by atoms with E-state index in [0.29, 0.717) is 0 Å². The topological polar surface area (TPSA) is 0 Å². The third-order valence-corrected chi connectivity index (χ3v) is 8.74. The highest BCUT2D eigenvalue weighted by Crippen LogP contribution is 2.28. The van der Waals surface area contributed by atoms with Crippen LogP contribution in [-0.4, -0.2) is 0 Å². The molecule has 0 fully saturated rings. The maximum Gasteiger partial charge on any atom is 0.0313 e. The van der Waals surface area contributed by atoms with Crippen LogP contribution >= 0.6 is 0 Å². The normalized spacial score (nSPS) is 10.5. The molecule has 0 bridgehead atoms. The summed E-state index contributed by atoms with van der Waals surface area (Å²) >= 11 is 0. The van der Waals surface area contributed by atoms with Crippen LogP contribution in [0, 0.1) is 114 Å². The molecule has 3 aromatic carbocycles. The van der Waals surface area contributed by atoms with Crippen molar-refractivity contribution < 1.29 is 0 Å². The van der Waals surface area contributed by atoms with Gasteiger partial charge in [0.2, 0.25) is 0 Å². The second kappa shape index (κ2) is 9.80. The van der Waals surface area contributed by atoms with Crippen molar-refractivity contribution >= 4 is 0 Å². The van der Waals surface area contributed by atoms with Gasteiger partial charge in [-0.3, -0.25) is 0 Å². The zero-order valence-corrected chi connectivity index (χ0v) is 24.1. The predicted octanol–water partition coefficient (Wildman–Crippen LogP) is 8.50. The van der Waals surface area contributed by atoms with Gasteiger partial charge in [0.05, 0.1) is 0 Å². The fourth-order valence-corrected chi connectivity index (χ4v) is 4.97. The van der Waals surface area contributed by atoms with E-state index in [9.17, 15) is 0 Å². The van der Waals surface area contributed by atoms with Gasteiger partial charge in [-0.05, 0) is 168 Å². The molecule has 0 aromatic heterocycles. The fraction of sp³-hybridized carbons (Fsp3) is 0.371. The summed E-state index contributed by atoms with van der Waals surface area (Å²) in [5.74, 6) is 14.2. The molecule has 180 valence electrons. The maximum absolute atomic E-state index is 3.57. The van der Waals surface area contributed by atoms with Crippen molar-refractivity contribution in [2.24, 2.45) is 0 Å². The van der Waals surface area contributed by atoms with E-state index in [1.165, 1.54) is 77.9 Å². The Balaban J connectivity index is 2.17. The van der Waals surface area contributed by atoms with Crippen LogP contribution in [0.25, 0.3) is 0 Å². The molecule has 0 aliphatic carbocycles. The zero-order chi connectivity index (χ0) is 26.4. The summed E-state index contributed by atoms with van der Waals surface area (Å²) < 4.78 is 0. The molecule has 0 saturated heterocycles. The van der Waals surface area contributed by atoms with E-state index in [2.05, 4.69) is 120 Å². The SMILES string of the molecule is Cc1cc(C#Cc2c(C)c(C)c(C#Cc3c(C)c(C)c(C)c(C)c3C)c(C)c2C)c(C)c(C)c1C. The molecular formula is C35H40. The molecular weight excluding hydrogens is 420 g/mol. The van der Waals surface area contributed by atoms with Gasteiger partial charge >= 0.3 is 0 Å². The van der Waals surface area contributed by atoms with Crippen LogP contribution < -0.4 is 0 Å². The minimum atomic E-state index is 1.12. The molecule has 0 heteroatoms. The van der Waals surface area contributed by atoms with E-state index in [0.717, 1.165) is 16.7 Å². The second-order valence-corrected chi connectivity index (χ2v) is 10.4. The standard InChI is InChI=1S/C35H40/c1-19-18-32(25(7)21(3)20(19)2)14-15-33-28(10)30(12)35(31(13)29(33)11)17-16-34-26(8)23(5)22(4)24(6)27(34)9/h18H,1-13H3. The Morgan fingerprint density at radius 2 is 0.600 bits per heavy atom. The molecule has 0 N–H and O–H groups in total. The van der Waals surface area contributed by atoms with E-state index >= 15 is 0 Å². The van der Waals surface area contributed by atoms with Gasteiger partial charge in [0.1, 0.15) is 0 Å². The summed E-state index contributed by atoms with van der Waals surface area (Å²) in [6.07, 6.45) is 0. The smallest absolute Gasteiger partial charge is 0.0313 e. The Hall–Kier alpha value is -3.22. The predicted molar refractivity (Wildman–Crippen MR) is 153 cm³/mol. The first kappa shape index (κ1) is 26.4. The van der Waals surface area contributed by atoms with E-state index in [1.54, 1.807) is 0 Å². The van der Waals surface area contributed by atoms with E-state index in [4.69, 9.17) is 0 Å². The number of benzene rings is 3. The molecule has 0 aliphatic rings. The van der Waals surface area contributed by atoms with Crippen molar-refractivity contribution in [2.45, 2.75) is 90.0 Å². The first-order valence-electron chi connectivity index (χ1n) is 12.6. The summed E-state index contributed by atoms with van der Waals surface area (Å²) in [4.78, 5) is 0. The molecule has 0 unspecified atom stereocenters. The lowest BCUT2D eigenvalue weighted by molar-refractivity contribution is 1.16. The lowest BCUT2D eigenvalue weighted by Gasteiger charge is -2.16. The fourth-order valence-electron chi connectivity index (χ4n) is 4.97. The highest BCUT2D eigenvalue weighted by atomic mass is 14.2. The minimum absolute atomic E-state index is 1.12. The van der Waals surface area contributed by atoms with Gasteiger partial charge in [0.25, 0.3) is 0 Å². The quantitative estimate of drug-likeness (QED) is 0.295. The van der Waals surface area contributed by atoms with Gasteiger partial charge in [-0.15, -0.1) is 0 Å². The monoisotopic (exact) mass is 460 g/mol. The average molecular weight is 461 g/mol. The Morgan fingerprint density at radius 3 is 1.00 bits per heavy atom. The van der Waals surface area contributed by atoms with Crippen LogP contribution in [0.4, 0.5) is 0 Å². The molecule has 0 amide bonds. The van der Waals surface area contributed by atoms with Gasteiger partial charge in [-0.25, -0.2) is 0 Å². The third-order valence-electron chi connectivity index (χ3n) is 8.74. The van der Waals surface area contributed by atoms with E-state index in [-0.39, 0.29) is 0 Å². The number of aryl methyl sites for hydroxylation is 1. The van der Waals surface area contributed by atoms with Crippen molar-refractivity contribution in [2.75, 3.05) is 0 Å². The maximum atomic E-state index is 3.57. The van der Waals surface area contributed by atoms with Crippen LogP contribution in [0.3, 0.4) is 0 Å². The number of hydrogen-bond acceptors (Lipinski definition) is 0. The highest BCUT2D eigenvalue weighted by Gasteiger charge is 2.14. The van der Waals surface area contributed by atoms with Gasteiger partial charge in [-0.2, -0.15) is 0 Å². The van der Waals surface area contributed by atoms with Crippen LogP contribution in [-0.2, 0) is 0 Å². The van der Waals surface area contributed by atoms with Gasteiger partial charge in [0.15, 0.2) is 0 Å². The molecule has 0 heterocycles. The first-order chi connectivity index (χ1) is 16.3. The Kier molecular flexibility index (Phi) is 7.39. The summed E-state index contributed by atoms with van der Waals surface area (Å²) in [5.41, 5.74) is 21.4. The molecule has 0 radical (unpaired) electrons. The van der Waals surface area contributed by atoms with Crippen LogP contribution in [0.1, 0.15) is 94.6 Å². The van der Waals surface area contributed by atoms with E-state index < -0.39 is 0 Å². The van der Waals surface area contributed by atoms with Crippen LogP contribution in [0.5, 0.6) is 0 Å². The summed E-state index contributed by atoms with van der Waals surface area (Å²) in [6, 6.07) is 2.23. The van der Waals surface area contributed by atoms with Crippen molar-refractivity contribution in [3.05, 3.63) is 101 Å². The summed E-state index contributed by atoms with van der Waals surface area (Å²) in [5, 5.41) is 0. The van der Waals surface area contributed by atoms with Crippen molar-refractivity contribution in [1.29, 1.82) is 0 Å². The van der Waals surface area contributed by atoms with Gasteiger partial charge < -0.3 is 0 Å². The largest absolute Gasteiger partial charge is 0.0613 e. The molecule has 3 rings (SSSR count). The van der Waals surface area contributed by atoms with Gasteiger partial charge in [0, 0.05) is 22.3 Å². The van der Waals surface area contributed by atoms with Crippen molar-refractivity contribution in [1.82, 2.24) is 0 Å². The lowest BCUT2D eigenvalue weighted by Crippen LogP contribution is -2.02. The molecule has 0 atom stereocenters. The zero-order valence-electron chi connectivity index (χ0n) is 24.1. The molecule has 0 nitrogen and oxygen atoms in total. The molecule has 0 spiro atoms. The van der Waals surface area contributed by atoms with Gasteiger partial charge in [-0.1, -0.05) is 23.7 Å². The van der Waals surface area contributed by atoms with Crippen LogP contribution in [0.15, 0.2) is 6.07 Å². The van der Waals surface area contributed by atoms with E-state index in [1.807, 2.05) is 0 Å². The molecule has 3 aromatic rings. The summed E-state index contributed by atoms with van der Waals surface area (Å²) in [7, 11) is 0. The Morgan fingerprint density at radius 1 is 0.314 bits per heavy atom. The van der Waals surface area contributed by atoms with Crippen molar-refractivity contribution in [3.63, 3.8) is 0 Å². The first-order valence-corrected chi connectivity index (χ1v) is 12.6. The second-order valence-electron chi connectivity index (χ2n) is 10.4. The minimum Gasteiger partial charge on any atom is -0.0613 e. The number of rotatable bonds is 0. The summed E-state index contributed by atoms with van der Waals surface area (Å²) in [6.45, 7) is 28.5. The third kappa shape index (κ3) is 4.56. The Bertz CT molecular complexity index is 1440. The lowest BCUT2D eigenvalue weighted by atomic mass is 9.87. The number of hydrogen-bond donors (Lipinski definition) is 0. The molecule has 0 saturated carbocycles. The highest BCUT2D eigenvalue weighted by molar-refractivity contribution is 5.65.